The first-order valence-corrected chi connectivity index (χ1v) is 8.10. The Labute approximate surface area is 132 Å². The van der Waals surface area contributed by atoms with Gasteiger partial charge in [0.1, 0.15) is 0 Å². The van der Waals surface area contributed by atoms with Gasteiger partial charge in [0.05, 0.1) is 11.5 Å². The summed E-state index contributed by atoms with van der Waals surface area (Å²) in [6.07, 6.45) is 1.38. The Balaban J connectivity index is 1.77. The molecule has 1 aromatic carbocycles. The number of aliphatic hydroxyl groups is 1. The van der Waals surface area contributed by atoms with Crippen molar-refractivity contribution < 1.29 is 24.2 Å². The molecule has 3 rings (SSSR count). The van der Waals surface area contributed by atoms with Crippen LogP contribution in [-0.4, -0.2) is 24.1 Å². The van der Waals surface area contributed by atoms with Crippen LogP contribution in [0, 0.1) is 6.92 Å². The molecule has 5 nitrogen and oxygen atoms in total. The number of hydrogen-bond acceptors (Lipinski definition) is 5. The molecule has 0 radical (unpaired) electrons. The van der Waals surface area contributed by atoms with Gasteiger partial charge in [-0.2, -0.15) is 9.45 Å². The quantitative estimate of drug-likeness (QED) is 0.517. The van der Waals surface area contributed by atoms with Crippen molar-refractivity contribution in [2.75, 3.05) is 13.2 Å². The molecule has 22 heavy (non-hydrogen) atoms. The maximum atomic E-state index is 12.5. The van der Waals surface area contributed by atoms with Gasteiger partial charge in [-0.05, 0) is 18.2 Å². The fraction of sp³-hybridized carbons (Fsp3) is 0.375. The van der Waals surface area contributed by atoms with E-state index in [0.717, 1.165) is 22.6 Å². The number of Topliss-reactive ketones (excluding diaryl/α,β-unsaturated/α-hetero) is 1. The van der Waals surface area contributed by atoms with Gasteiger partial charge in [0.2, 0.25) is 17.8 Å². The molecule has 0 saturated heterocycles. The van der Waals surface area contributed by atoms with Gasteiger partial charge in [-0.15, -0.1) is 0 Å². The van der Waals surface area contributed by atoms with Crippen LogP contribution in [0.1, 0.15) is 26.5 Å². The lowest BCUT2D eigenvalue weighted by molar-refractivity contribution is -0.684. The van der Waals surface area contributed by atoms with Gasteiger partial charge in [-0.3, -0.25) is 4.79 Å². The standard InChI is InChI=1S/C16H18NO4S/c1-11-16(4-6-18)22-10-17(11)9-14(19)12-2-3-15-13(8-12)5-7-20-21-15/h2-3,8,10,18H,4-7,9H2,1H3/q+1. The van der Waals surface area contributed by atoms with Gasteiger partial charge in [0.25, 0.3) is 0 Å². The van der Waals surface area contributed by atoms with E-state index in [-0.39, 0.29) is 12.4 Å². The Hall–Kier alpha value is -1.76. The molecule has 116 valence electrons. The van der Waals surface area contributed by atoms with Crippen LogP contribution in [0.25, 0.3) is 0 Å². The summed E-state index contributed by atoms with van der Waals surface area (Å²) in [6, 6.07) is 5.44. The molecule has 0 aliphatic carbocycles. The molecule has 0 spiro atoms. The third kappa shape index (κ3) is 3.04. The third-order valence-electron chi connectivity index (χ3n) is 3.80. The number of carbonyl (C=O) groups is 1. The van der Waals surface area contributed by atoms with Crippen molar-refractivity contribution >= 4 is 17.1 Å². The SMILES string of the molecule is Cc1c(CCO)sc[n+]1CC(=O)c1ccc2c(c1)CCOO2. The minimum Gasteiger partial charge on any atom is -0.396 e. The molecule has 2 heterocycles. The van der Waals surface area contributed by atoms with E-state index in [4.69, 9.17) is 14.9 Å². The average Bonchev–Trinajstić information content (AvgIpc) is 2.88. The molecule has 2 aromatic rings. The highest BCUT2D eigenvalue weighted by atomic mass is 32.1. The normalized spacial score (nSPS) is 13.5. The first-order valence-electron chi connectivity index (χ1n) is 7.22. The van der Waals surface area contributed by atoms with E-state index >= 15 is 0 Å². The zero-order valence-corrected chi connectivity index (χ0v) is 13.2. The molecule has 0 amide bonds. The molecular formula is C16H18NO4S+. The maximum Gasteiger partial charge on any atom is 0.227 e. The summed E-state index contributed by atoms with van der Waals surface area (Å²) >= 11 is 1.57. The van der Waals surface area contributed by atoms with Gasteiger partial charge in [-0.25, -0.2) is 0 Å². The largest absolute Gasteiger partial charge is 0.396 e. The fourth-order valence-corrected chi connectivity index (χ4v) is 3.47. The topological polar surface area (TPSA) is 59.6 Å². The number of fused-ring (bicyclic) bond motifs is 1. The average molecular weight is 320 g/mol. The number of hydrogen-bond donors (Lipinski definition) is 1. The van der Waals surface area contributed by atoms with E-state index in [1.54, 1.807) is 23.5 Å². The molecule has 0 bridgehead atoms. The van der Waals surface area contributed by atoms with E-state index in [2.05, 4.69) is 0 Å². The molecule has 6 heteroatoms. The Morgan fingerprint density at radius 3 is 3.14 bits per heavy atom. The van der Waals surface area contributed by atoms with Crippen molar-refractivity contribution in [3.8, 4) is 5.75 Å². The lowest BCUT2D eigenvalue weighted by Gasteiger charge is -2.15. The second-order valence-electron chi connectivity index (χ2n) is 5.23. The summed E-state index contributed by atoms with van der Waals surface area (Å²) in [7, 11) is 0. The number of aromatic nitrogens is 1. The Bertz CT molecular complexity index is 695. The molecule has 0 atom stereocenters. The lowest BCUT2D eigenvalue weighted by Crippen LogP contribution is -2.38. The highest BCUT2D eigenvalue weighted by Crippen LogP contribution is 2.24. The minimum absolute atomic E-state index is 0.0655. The molecule has 1 aliphatic heterocycles. The Kier molecular flexibility index (Phi) is 4.52. The molecule has 0 saturated carbocycles. The van der Waals surface area contributed by atoms with Crippen LogP contribution in [0.5, 0.6) is 5.75 Å². The summed E-state index contributed by atoms with van der Waals surface area (Å²) in [5, 5.41) is 9.03. The summed E-state index contributed by atoms with van der Waals surface area (Å²) in [4.78, 5) is 23.6. The van der Waals surface area contributed by atoms with Gasteiger partial charge in [-0.1, -0.05) is 11.3 Å². The second kappa shape index (κ2) is 6.56. The van der Waals surface area contributed by atoms with Gasteiger partial charge in [0, 0.05) is 37.5 Å². The number of rotatable bonds is 5. The second-order valence-corrected chi connectivity index (χ2v) is 6.17. The highest BCUT2D eigenvalue weighted by molar-refractivity contribution is 7.09. The summed E-state index contributed by atoms with van der Waals surface area (Å²) in [5.74, 6) is 0.753. The Morgan fingerprint density at radius 2 is 2.32 bits per heavy atom. The third-order valence-corrected chi connectivity index (χ3v) is 4.94. The van der Waals surface area contributed by atoms with Crippen LogP contribution >= 0.6 is 11.3 Å². The lowest BCUT2D eigenvalue weighted by atomic mass is 10.0. The van der Waals surface area contributed by atoms with E-state index in [0.29, 0.717) is 30.9 Å². The predicted octanol–water partition coefficient (Wildman–Crippen LogP) is 1.63. The Morgan fingerprint density at radius 1 is 1.45 bits per heavy atom. The predicted molar refractivity (Wildman–Crippen MR) is 81.1 cm³/mol. The number of aliphatic hydroxyl groups excluding tert-OH is 1. The van der Waals surface area contributed by atoms with Gasteiger partial charge >= 0.3 is 0 Å². The van der Waals surface area contributed by atoms with E-state index < -0.39 is 0 Å². The van der Waals surface area contributed by atoms with Crippen molar-refractivity contribution in [3.05, 3.63) is 45.4 Å². The molecule has 1 aromatic heterocycles. The zero-order valence-electron chi connectivity index (χ0n) is 12.4. The van der Waals surface area contributed by atoms with E-state index in [1.165, 1.54) is 0 Å². The van der Waals surface area contributed by atoms with Gasteiger partial charge < -0.3 is 9.99 Å². The summed E-state index contributed by atoms with van der Waals surface area (Å²) in [6.45, 7) is 2.92. The molecule has 0 fully saturated rings. The smallest absolute Gasteiger partial charge is 0.227 e. The number of thiazole rings is 1. The molecular weight excluding hydrogens is 302 g/mol. The van der Waals surface area contributed by atoms with Crippen molar-refractivity contribution in [1.82, 2.24) is 0 Å². The van der Waals surface area contributed by atoms with Crippen LogP contribution in [0.15, 0.2) is 23.7 Å². The van der Waals surface area contributed by atoms with E-state index in [9.17, 15) is 4.79 Å². The van der Waals surface area contributed by atoms with Crippen LogP contribution in [0.2, 0.25) is 0 Å². The monoisotopic (exact) mass is 320 g/mol. The zero-order chi connectivity index (χ0) is 15.5. The van der Waals surface area contributed by atoms with Crippen molar-refractivity contribution in [1.29, 1.82) is 0 Å². The highest BCUT2D eigenvalue weighted by Gasteiger charge is 2.21. The first-order chi connectivity index (χ1) is 10.7. The number of benzene rings is 1. The van der Waals surface area contributed by atoms with Crippen LogP contribution in [-0.2, 0) is 24.3 Å². The van der Waals surface area contributed by atoms with Crippen molar-refractivity contribution in [2.45, 2.75) is 26.3 Å². The minimum atomic E-state index is 0.0655. The van der Waals surface area contributed by atoms with Gasteiger partial charge in [0.15, 0.2) is 11.4 Å². The molecule has 1 aliphatic rings. The fourth-order valence-electron chi connectivity index (χ4n) is 2.48. The summed E-state index contributed by atoms with van der Waals surface area (Å²) < 4.78 is 1.94. The molecule has 1 N–H and O–H groups in total. The van der Waals surface area contributed by atoms with E-state index in [1.807, 2.05) is 23.1 Å². The first kappa shape index (κ1) is 15.1. The van der Waals surface area contributed by atoms with Crippen molar-refractivity contribution in [3.63, 3.8) is 0 Å². The number of nitrogens with zero attached hydrogens (tertiary/aromatic N) is 1. The van der Waals surface area contributed by atoms with Crippen LogP contribution in [0.4, 0.5) is 0 Å². The number of ketones is 1. The summed E-state index contributed by atoms with van der Waals surface area (Å²) in [5.41, 5.74) is 4.67. The van der Waals surface area contributed by atoms with Crippen molar-refractivity contribution in [2.24, 2.45) is 0 Å². The van der Waals surface area contributed by atoms with Crippen LogP contribution in [0.3, 0.4) is 0 Å². The van der Waals surface area contributed by atoms with Crippen LogP contribution < -0.4 is 9.45 Å². The maximum absolute atomic E-state index is 12.5. The molecule has 0 unspecified atom stereocenters. The number of carbonyl (C=O) groups excluding carboxylic acids is 1.